The van der Waals surface area contributed by atoms with Crippen LogP contribution in [0.5, 0.6) is 0 Å². The summed E-state index contributed by atoms with van der Waals surface area (Å²) in [5.74, 6) is -2.66. The van der Waals surface area contributed by atoms with Crippen molar-refractivity contribution in [2.75, 3.05) is 18.8 Å². The monoisotopic (exact) mass is 639 g/mol. The summed E-state index contributed by atoms with van der Waals surface area (Å²) in [6.07, 6.45) is 5.76. The van der Waals surface area contributed by atoms with E-state index in [2.05, 4.69) is 10.6 Å². The van der Waals surface area contributed by atoms with E-state index in [1.54, 1.807) is 31.7 Å². The minimum absolute atomic E-state index is 0.0142. The van der Waals surface area contributed by atoms with Gasteiger partial charge in [0.2, 0.25) is 11.8 Å². The summed E-state index contributed by atoms with van der Waals surface area (Å²) in [4.78, 5) is 69.2. The van der Waals surface area contributed by atoms with E-state index < -0.39 is 59.3 Å². The van der Waals surface area contributed by atoms with Gasteiger partial charge in [0.05, 0.1) is 6.54 Å². The third kappa shape index (κ3) is 7.56. The summed E-state index contributed by atoms with van der Waals surface area (Å²) >= 11 is 0. The fourth-order valence-electron chi connectivity index (χ4n) is 6.54. The number of nitrogens with one attached hydrogen (secondary N) is 2. The average molecular weight is 640 g/mol. The molecule has 5 atom stereocenters. The maximum atomic E-state index is 14.1. The van der Waals surface area contributed by atoms with Crippen LogP contribution in [-0.4, -0.2) is 87.3 Å². The lowest BCUT2D eigenvalue weighted by molar-refractivity contribution is -0.145. The van der Waals surface area contributed by atoms with Crippen LogP contribution in [0.25, 0.3) is 0 Å². The number of nitrogens with zero attached hydrogens (tertiary/aromatic N) is 2. The van der Waals surface area contributed by atoms with Crippen LogP contribution < -0.4 is 16.4 Å². The zero-order chi connectivity index (χ0) is 33.2. The van der Waals surface area contributed by atoms with Crippen molar-refractivity contribution in [2.24, 2.45) is 5.92 Å². The summed E-state index contributed by atoms with van der Waals surface area (Å²) in [5.41, 5.74) is 6.35. The van der Waals surface area contributed by atoms with E-state index in [1.165, 1.54) is 4.90 Å². The van der Waals surface area contributed by atoms with Gasteiger partial charge in [-0.1, -0.05) is 31.1 Å². The number of nitrogen functional groups attached to an aromatic ring is 1. The van der Waals surface area contributed by atoms with E-state index in [0.717, 1.165) is 30.4 Å². The number of hydrogen-bond acceptors (Lipinski definition) is 8. The van der Waals surface area contributed by atoms with Gasteiger partial charge in [0.1, 0.15) is 29.3 Å². The Kier molecular flexibility index (Phi) is 9.50. The molecule has 0 bridgehead atoms. The molecule has 0 aromatic heterocycles. The van der Waals surface area contributed by atoms with Crippen molar-refractivity contribution >= 4 is 35.7 Å². The highest BCUT2D eigenvalue weighted by Gasteiger charge is 2.61. The molecule has 13 heteroatoms. The number of nitrogens with two attached hydrogens (primary N) is 1. The Balaban J connectivity index is 1.36. The SMILES string of the molecule is CC(C)(C)OC(=O)N[C@H]1CCCCCC=C[C@@H]2C[C@@]2(C(=O)O)NC(=O)[C@@H]2C[C@@H](OC(=O)N3CCc4cc(N)ccc4C3)CN2C1=O. The molecule has 3 heterocycles. The second-order valence-corrected chi connectivity index (χ2v) is 13.8. The molecule has 0 spiro atoms. The fraction of sp³-hybridized carbons (Fsp3) is 0.606. The van der Waals surface area contributed by atoms with Crippen LogP contribution in [0, 0.1) is 5.92 Å². The maximum Gasteiger partial charge on any atom is 0.410 e. The van der Waals surface area contributed by atoms with Crippen molar-refractivity contribution in [3.63, 3.8) is 0 Å². The van der Waals surface area contributed by atoms with Gasteiger partial charge in [0, 0.05) is 31.1 Å². The number of carbonyl (C=O) groups excluding carboxylic acids is 4. The Bertz CT molecular complexity index is 1410. The van der Waals surface area contributed by atoms with Crippen LogP contribution in [0.3, 0.4) is 0 Å². The number of carboxylic acid groups (broad SMARTS) is 1. The second kappa shape index (κ2) is 13.2. The molecule has 0 radical (unpaired) electrons. The van der Waals surface area contributed by atoms with Crippen LogP contribution in [-0.2, 0) is 36.8 Å². The number of allylic oxidation sites excluding steroid dienone is 1. The third-order valence-electron chi connectivity index (χ3n) is 9.08. The number of ether oxygens (including phenoxy) is 2. The number of alkyl carbamates (subject to hydrolysis) is 1. The minimum atomic E-state index is -1.46. The number of hydrogen-bond donors (Lipinski definition) is 4. The normalized spacial score (nSPS) is 28.4. The van der Waals surface area contributed by atoms with E-state index in [1.807, 2.05) is 24.3 Å². The Morgan fingerprint density at radius 1 is 1.13 bits per heavy atom. The highest BCUT2D eigenvalue weighted by molar-refractivity contribution is 5.96. The van der Waals surface area contributed by atoms with Crippen molar-refractivity contribution in [1.82, 2.24) is 20.4 Å². The molecule has 1 aliphatic carbocycles. The Morgan fingerprint density at radius 3 is 2.65 bits per heavy atom. The van der Waals surface area contributed by atoms with Crippen molar-refractivity contribution < 1.29 is 38.6 Å². The predicted molar refractivity (Wildman–Crippen MR) is 167 cm³/mol. The van der Waals surface area contributed by atoms with E-state index in [-0.39, 0.29) is 25.3 Å². The molecule has 13 nitrogen and oxygen atoms in total. The number of anilines is 1. The van der Waals surface area contributed by atoms with E-state index >= 15 is 0 Å². The highest BCUT2D eigenvalue weighted by atomic mass is 16.6. The Hall–Kier alpha value is -4.29. The fourth-order valence-corrected chi connectivity index (χ4v) is 6.54. The lowest BCUT2D eigenvalue weighted by atomic mass is 9.99. The molecule has 3 aliphatic heterocycles. The molecule has 250 valence electrons. The molecule has 1 saturated carbocycles. The first kappa shape index (κ1) is 33.1. The molecule has 0 unspecified atom stereocenters. The molecule has 4 aliphatic rings. The molecular weight excluding hydrogens is 594 g/mol. The van der Waals surface area contributed by atoms with Gasteiger partial charge in [0.25, 0.3) is 0 Å². The lowest BCUT2D eigenvalue weighted by Crippen LogP contribution is -2.56. The zero-order valence-electron chi connectivity index (χ0n) is 26.8. The molecule has 1 aromatic rings. The number of amides is 4. The average Bonchev–Trinajstić information content (AvgIpc) is 3.51. The first-order valence-corrected chi connectivity index (χ1v) is 16.1. The minimum Gasteiger partial charge on any atom is -0.479 e. The van der Waals surface area contributed by atoms with Gasteiger partial charge in [-0.2, -0.15) is 0 Å². The van der Waals surface area contributed by atoms with Gasteiger partial charge in [-0.05, 0) is 76.1 Å². The molecule has 5 N–H and O–H groups in total. The van der Waals surface area contributed by atoms with Crippen LogP contribution in [0.1, 0.15) is 76.8 Å². The summed E-state index contributed by atoms with van der Waals surface area (Å²) in [7, 11) is 0. The van der Waals surface area contributed by atoms with Gasteiger partial charge >= 0.3 is 18.2 Å². The van der Waals surface area contributed by atoms with E-state index in [9.17, 15) is 29.1 Å². The Morgan fingerprint density at radius 2 is 1.91 bits per heavy atom. The summed E-state index contributed by atoms with van der Waals surface area (Å²) in [6.45, 7) is 5.84. The molecule has 5 rings (SSSR count). The van der Waals surface area contributed by atoms with Crippen LogP contribution >= 0.6 is 0 Å². The first-order valence-electron chi connectivity index (χ1n) is 16.1. The van der Waals surface area contributed by atoms with Gasteiger partial charge in [-0.3, -0.25) is 9.59 Å². The number of aliphatic carboxylic acids is 1. The Labute approximate surface area is 268 Å². The largest absolute Gasteiger partial charge is 0.479 e. The van der Waals surface area contributed by atoms with Crippen molar-refractivity contribution in [2.45, 2.75) is 108 Å². The van der Waals surface area contributed by atoms with Gasteiger partial charge < -0.3 is 40.7 Å². The second-order valence-electron chi connectivity index (χ2n) is 13.8. The quantitative estimate of drug-likeness (QED) is 0.285. The molecule has 1 saturated heterocycles. The van der Waals surface area contributed by atoms with Crippen LogP contribution in [0.2, 0.25) is 0 Å². The van der Waals surface area contributed by atoms with Gasteiger partial charge in [-0.25, -0.2) is 14.4 Å². The van der Waals surface area contributed by atoms with Crippen molar-refractivity contribution in [3.8, 4) is 0 Å². The van der Waals surface area contributed by atoms with Crippen LogP contribution in [0.15, 0.2) is 30.4 Å². The first-order chi connectivity index (χ1) is 21.8. The van der Waals surface area contributed by atoms with Crippen LogP contribution in [0.4, 0.5) is 15.3 Å². The number of benzene rings is 1. The number of carboxylic acids is 1. The number of carbonyl (C=O) groups is 5. The molecule has 46 heavy (non-hydrogen) atoms. The van der Waals surface area contributed by atoms with Gasteiger partial charge in [-0.15, -0.1) is 0 Å². The van der Waals surface area contributed by atoms with E-state index in [4.69, 9.17) is 15.2 Å². The lowest BCUT2D eigenvalue weighted by Gasteiger charge is -2.30. The molecular formula is C33H45N5O8. The number of fused-ring (bicyclic) bond motifs is 3. The molecule has 1 aromatic carbocycles. The van der Waals surface area contributed by atoms with Crippen molar-refractivity contribution in [1.29, 1.82) is 0 Å². The zero-order valence-corrected chi connectivity index (χ0v) is 26.8. The molecule has 2 fully saturated rings. The van der Waals surface area contributed by atoms with Crippen molar-refractivity contribution in [3.05, 3.63) is 41.5 Å². The molecule has 4 amide bonds. The smallest absolute Gasteiger partial charge is 0.410 e. The summed E-state index contributed by atoms with van der Waals surface area (Å²) < 4.78 is 11.3. The predicted octanol–water partition coefficient (Wildman–Crippen LogP) is 3.11. The topological polar surface area (TPSA) is 181 Å². The van der Waals surface area contributed by atoms with E-state index in [0.29, 0.717) is 38.0 Å². The highest BCUT2D eigenvalue weighted by Crippen LogP contribution is 2.45. The summed E-state index contributed by atoms with van der Waals surface area (Å²) in [6, 6.07) is 3.47. The summed E-state index contributed by atoms with van der Waals surface area (Å²) in [5, 5.41) is 15.5. The third-order valence-corrected chi connectivity index (χ3v) is 9.08. The maximum absolute atomic E-state index is 14.1. The van der Waals surface area contributed by atoms with Gasteiger partial charge in [0.15, 0.2) is 0 Å². The standard InChI is InChI=1S/C33H45N5O8/c1-32(2,3)46-30(43)35-25-10-8-6-4-5-7-9-22-17-33(22,29(41)42)36-27(39)26-16-24(19-38(26)28(25)40)45-31(44)37-14-13-20-15-23(34)12-11-21(20)18-37/h7,9,11-12,15,22,24-26H,4-6,8,10,13-14,16-19,34H2,1-3H3,(H,35,43)(H,36,39)(H,41,42)/t22-,24-,25+,26+,33-/m1/s1. The number of rotatable bonds is 3.